The number of fused-ring (bicyclic) bond motifs is 1. The van der Waals surface area contributed by atoms with Crippen LogP contribution in [0.5, 0.6) is 0 Å². The maximum Gasteiger partial charge on any atom is 0.152 e. The van der Waals surface area contributed by atoms with Gasteiger partial charge in [-0.15, -0.1) is 0 Å². The highest BCUT2D eigenvalue weighted by molar-refractivity contribution is 5.87. The highest BCUT2D eigenvalue weighted by atomic mass is 16.3. The second-order valence-corrected chi connectivity index (χ2v) is 4.65. The number of furan rings is 1. The maximum atomic E-state index is 9.26. The Labute approximate surface area is 110 Å². The largest absolute Gasteiger partial charge is 0.460 e. The molecule has 1 aromatic carbocycles. The molecule has 3 aromatic rings. The van der Waals surface area contributed by atoms with Crippen LogP contribution in [0.15, 0.2) is 35.3 Å². The molecular formula is C15H13N3O. The number of aromatic nitrogens is 2. The van der Waals surface area contributed by atoms with Crippen LogP contribution in [0.4, 0.5) is 0 Å². The molecule has 2 heterocycles. The smallest absolute Gasteiger partial charge is 0.152 e. The SMILES string of the molecule is Cc1oc2c(C#N)cc(Cn3ccnc3)cc2c1C. The molecule has 19 heavy (non-hydrogen) atoms. The summed E-state index contributed by atoms with van der Waals surface area (Å²) in [7, 11) is 0. The number of benzene rings is 1. The molecule has 0 bridgehead atoms. The van der Waals surface area contributed by atoms with Gasteiger partial charge < -0.3 is 8.98 Å². The molecule has 0 fully saturated rings. The van der Waals surface area contributed by atoms with Gasteiger partial charge in [-0.1, -0.05) is 0 Å². The summed E-state index contributed by atoms with van der Waals surface area (Å²) in [5, 5.41) is 10.3. The summed E-state index contributed by atoms with van der Waals surface area (Å²) < 4.78 is 7.65. The van der Waals surface area contributed by atoms with Gasteiger partial charge in [0.15, 0.2) is 5.58 Å². The fraction of sp³-hybridized carbons (Fsp3) is 0.200. The van der Waals surface area contributed by atoms with E-state index in [4.69, 9.17) is 4.42 Å². The standard InChI is InChI=1S/C15H13N3O/c1-10-11(2)19-15-13(7-16)5-12(6-14(10)15)8-18-4-3-17-9-18/h3-6,9H,8H2,1-2H3. The highest BCUT2D eigenvalue weighted by Gasteiger charge is 2.12. The van der Waals surface area contributed by atoms with Gasteiger partial charge in [-0.05, 0) is 37.1 Å². The van der Waals surface area contributed by atoms with Crippen molar-refractivity contribution in [3.8, 4) is 6.07 Å². The van der Waals surface area contributed by atoms with Crippen LogP contribution < -0.4 is 0 Å². The Hall–Kier alpha value is -2.54. The van der Waals surface area contributed by atoms with Crippen LogP contribution in [0, 0.1) is 25.2 Å². The third-order valence-electron chi connectivity index (χ3n) is 3.38. The van der Waals surface area contributed by atoms with Gasteiger partial charge in [0.05, 0.1) is 11.9 Å². The van der Waals surface area contributed by atoms with Gasteiger partial charge in [-0.3, -0.25) is 0 Å². The van der Waals surface area contributed by atoms with Crippen LogP contribution in [0.1, 0.15) is 22.5 Å². The number of nitrogens with zero attached hydrogens (tertiary/aromatic N) is 3. The predicted molar refractivity (Wildman–Crippen MR) is 71.7 cm³/mol. The molecule has 0 spiro atoms. The average molecular weight is 251 g/mol. The van der Waals surface area contributed by atoms with Crippen molar-refractivity contribution in [3.05, 3.63) is 53.3 Å². The predicted octanol–water partition coefficient (Wildman–Crippen LogP) is 3.17. The second-order valence-electron chi connectivity index (χ2n) is 4.65. The third-order valence-corrected chi connectivity index (χ3v) is 3.38. The first-order valence-corrected chi connectivity index (χ1v) is 6.07. The van der Waals surface area contributed by atoms with E-state index in [1.54, 1.807) is 12.5 Å². The van der Waals surface area contributed by atoms with Crippen LogP contribution in [0.3, 0.4) is 0 Å². The number of nitriles is 1. The lowest BCUT2D eigenvalue weighted by Gasteiger charge is -2.04. The van der Waals surface area contributed by atoms with Gasteiger partial charge in [0.2, 0.25) is 0 Å². The summed E-state index contributed by atoms with van der Waals surface area (Å²) in [4.78, 5) is 4.02. The van der Waals surface area contributed by atoms with Crippen molar-refractivity contribution in [2.75, 3.05) is 0 Å². The Morgan fingerprint density at radius 1 is 1.37 bits per heavy atom. The van der Waals surface area contributed by atoms with E-state index in [1.165, 1.54) is 0 Å². The van der Waals surface area contributed by atoms with Crippen LogP contribution in [-0.4, -0.2) is 9.55 Å². The first-order chi connectivity index (χ1) is 9.19. The van der Waals surface area contributed by atoms with Crippen LogP contribution in [-0.2, 0) is 6.54 Å². The van der Waals surface area contributed by atoms with Gasteiger partial charge in [-0.25, -0.2) is 4.98 Å². The fourth-order valence-corrected chi connectivity index (χ4v) is 2.26. The maximum absolute atomic E-state index is 9.26. The Bertz CT molecular complexity index is 776. The summed E-state index contributed by atoms with van der Waals surface area (Å²) in [6, 6.07) is 6.18. The number of hydrogen-bond acceptors (Lipinski definition) is 3. The molecule has 0 saturated heterocycles. The molecule has 0 atom stereocenters. The molecule has 3 rings (SSSR count). The minimum Gasteiger partial charge on any atom is -0.460 e. The van der Waals surface area contributed by atoms with Crippen molar-refractivity contribution in [3.63, 3.8) is 0 Å². The molecular weight excluding hydrogens is 238 g/mol. The monoisotopic (exact) mass is 251 g/mol. The van der Waals surface area contributed by atoms with Gasteiger partial charge in [0, 0.05) is 24.3 Å². The van der Waals surface area contributed by atoms with E-state index in [2.05, 4.69) is 17.1 Å². The first kappa shape index (κ1) is 11.5. The molecule has 0 N–H and O–H groups in total. The van der Waals surface area contributed by atoms with E-state index < -0.39 is 0 Å². The molecule has 0 aliphatic rings. The van der Waals surface area contributed by atoms with Crippen LogP contribution >= 0.6 is 0 Å². The van der Waals surface area contributed by atoms with Gasteiger partial charge >= 0.3 is 0 Å². The fourth-order valence-electron chi connectivity index (χ4n) is 2.26. The molecule has 4 heteroatoms. The van der Waals surface area contributed by atoms with Gasteiger partial charge in [0.25, 0.3) is 0 Å². The van der Waals surface area contributed by atoms with Crippen molar-refractivity contribution >= 4 is 11.0 Å². The molecule has 0 radical (unpaired) electrons. The molecule has 0 saturated carbocycles. The molecule has 0 aliphatic carbocycles. The molecule has 94 valence electrons. The number of aryl methyl sites for hydroxylation is 2. The van der Waals surface area contributed by atoms with Crippen LogP contribution in [0.25, 0.3) is 11.0 Å². The van der Waals surface area contributed by atoms with E-state index in [0.29, 0.717) is 17.7 Å². The Morgan fingerprint density at radius 3 is 2.89 bits per heavy atom. The molecule has 0 unspecified atom stereocenters. The summed E-state index contributed by atoms with van der Waals surface area (Å²) in [5.41, 5.74) is 3.45. The Morgan fingerprint density at radius 2 is 2.21 bits per heavy atom. The lowest BCUT2D eigenvalue weighted by atomic mass is 10.0. The quantitative estimate of drug-likeness (QED) is 0.703. The van der Waals surface area contributed by atoms with Gasteiger partial charge in [0.1, 0.15) is 11.8 Å². The highest BCUT2D eigenvalue weighted by Crippen LogP contribution is 2.29. The molecule has 4 nitrogen and oxygen atoms in total. The van der Waals surface area contributed by atoms with Crippen molar-refractivity contribution in [2.24, 2.45) is 0 Å². The lowest BCUT2D eigenvalue weighted by Crippen LogP contribution is -1.97. The average Bonchev–Trinajstić information content (AvgIpc) is 3.00. The van der Waals surface area contributed by atoms with Crippen molar-refractivity contribution in [2.45, 2.75) is 20.4 Å². The number of hydrogen-bond donors (Lipinski definition) is 0. The van der Waals surface area contributed by atoms with Crippen molar-refractivity contribution < 1.29 is 4.42 Å². The van der Waals surface area contributed by atoms with E-state index in [0.717, 1.165) is 22.3 Å². The summed E-state index contributed by atoms with van der Waals surface area (Å²) >= 11 is 0. The third kappa shape index (κ3) is 1.89. The number of rotatable bonds is 2. The zero-order valence-corrected chi connectivity index (χ0v) is 10.8. The van der Waals surface area contributed by atoms with E-state index in [1.807, 2.05) is 30.7 Å². The Balaban J connectivity index is 2.17. The molecule has 0 amide bonds. The molecule has 2 aromatic heterocycles. The van der Waals surface area contributed by atoms with Crippen molar-refractivity contribution in [1.82, 2.24) is 9.55 Å². The van der Waals surface area contributed by atoms with Crippen LogP contribution in [0.2, 0.25) is 0 Å². The zero-order valence-electron chi connectivity index (χ0n) is 10.8. The summed E-state index contributed by atoms with van der Waals surface area (Å²) in [6.07, 6.45) is 5.42. The summed E-state index contributed by atoms with van der Waals surface area (Å²) in [6.45, 7) is 4.64. The van der Waals surface area contributed by atoms with E-state index >= 15 is 0 Å². The summed E-state index contributed by atoms with van der Waals surface area (Å²) in [5.74, 6) is 0.867. The Kier molecular flexibility index (Phi) is 2.60. The normalized spacial score (nSPS) is 10.8. The molecule has 0 aliphatic heterocycles. The van der Waals surface area contributed by atoms with E-state index in [9.17, 15) is 5.26 Å². The minimum atomic E-state index is 0.587. The van der Waals surface area contributed by atoms with Gasteiger partial charge in [-0.2, -0.15) is 5.26 Å². The number of imidazole rings is 1. The lowest BCUT2D eigenvalue weighted by molar-refractivity contribution is 0.574. The topological polar surface area (TPSA) is 54.8 Å². The second kappa shape index (κ2) is 4.29. The van der Waals surface area contributed by atoms with Crippen molar-refractivity contribution in [1.29, 1.82) is 5.26 Å². The minimum absolute atomic E-state index is 0.587. The van der Waals surface area contributed by atoms with E-state index in [-0.39, 0.29) is 0 Å². The zero-order chi connectivity index (χ0) is 13.4. The first-order valence-electron chi connectivity index (χ1n) is 6.07.